The van der Waals surface area contributed by atoms with Crippen molar-refractivity contribution >= 4 is 55.8 Å². The van der Waals surface area contributed by atoms with Crippen molar-refractivity contribution in [2.75, 3.05) is 4.90 Å². The molecule has 0 bridgehead atoms. The van der Waals surface area contributed by atoms with Gasteiger partial charge >= 0.3 is 0 Å². The molecule has 0 spiro atoms. The summed E-state index contributed by atoms with van der Waals surface area (Å²) in [5, 5.41) is 12.9. The van der Waals surface area contributed by atoms with Gasteiger partial charge in [-0.2, -0.15) is 0 Å². The lowest BCUT2D eigenvalue weighted by Gasteiger charge is -2.42. The number of hydrogen-bond donors (Lipinski definition) is 1. The van der Waals surface area contributed by atoms with Crippen LogP contribution in [0.1, 0.15) is 31.2 Å². The van der Waals surface area contributed by atoms with Crippen molar-refractivity contribution in [3.8, 4) is 5.75 Å². The largest absolute Gasteiger partial charge is 0.508 e. The standard InChI is InChI=1S/C33H24BrNO5/c1-16-14-26(37)29-24(31(16)38)15-23-21(30(29)28-20-5-3-2-4-17(20)6-13-25(28)36)11-12-22-27(23)33(40)35(32(22)39)19-9-7-18(34)8-10-19/h2-11,13-14,22-23,27,30,36H,12,15H2,1H3. The highest BCUT2D eigenvalue weighted by atomic mass is 79.9. The monoisotopic (exact) mass is 593 g/mol. The Morgan fingerprint density at radius 3 is 2.42 bits per heavy atom. The second-order valence-electron chi connectivity index (χ2n) is 10.9. The fraction of sp³-hybridized carbons (Fsp3) is 0.212. The maximum absolute atomic E-state index is 14.0. The Hall–Kier alpha value is -4.10. The summed E-state index contributed by atoms with van der Waals surface area (Å²) < 4.78 is 0.838. The predicted octanol–water partition coefficient (Wildman–Crippen LogP) is 5.94. The van der Waals surface area contributed by atoms with Crippen LogP contribution in [0.2, 0.25) is 0 Å². The Labute approximate surface area is 238 Å². The number of carbonyl (C=O) groups excluding carboxylic acids is 4. The van der Waals surface area contributed by atoms with Gasteiger partial charge in [-0.25, -0.2) is 0 Å². The van der Waals surface area contributed by atoms with Crippen molar-refractivity contribution in [3.63, 3.8) is 0 Å². The summed E-state index contributed by atoms with van der Waals surface area (Å²) in [6, 6.07) is 18.1. The van der Waals surface area contributed by atoms with Gasteiger partial charge in [-0.1, -0.05) is 57.9 Å². The summed E-state index contributed by atoms with van der Waals surface area (Å²) in [5.74, 6) is -3.38. The number of anilines is 1. The van der Waals surface area contributed by atoms with E-state index in [1.807, 2.05) is 36.4 Å². The molecular formula is C33H24BrNO5. The smallest absolute Gasteiger partial charge is 0.238 e. The third kappa shape index (κ3) is 3.47. The summed E-state index contributed by atoms with van der Waals surface area (Å²) in [6.07, 6.45) is 3.89. The zero-order chi connectivity index (χ0) is 27.9. The highest BCUT2D eigenvalue weighted by molar-refractivity contribution is 9.10. The number of benzene rings is 3. The van der Waals surface area contributed by atoms with E-state index in [2.05, 4.69) is 15.9 Å². The van der Waals surface area contributed by atoms with Gasteiger partial charge in [-0.05, 0) is 72.9 Å². The maximum Gasteiger partial charge on any atom is 0.238 e. The Morgan fingerprint density at radius 2 is 1.65 bits per heavy atom. The quantitative estimate of drug-likeness (QED) is 0.225. The zero-order valence-corrected chi connectivity index (χ0v) is 23.1. The molecule has 40 heavy (non-hydrogen) atoms. The topological polar surface area (TPSA) is 91.8 Å². The minimum absolute atomic E-state index is 0.0241. The Balaban J connectivity index is 1.42. The fourth-order valence-electron chi connectivity index (χ4n) is 7.15. The molecule has 7 heteroatoms. The number of rotatable bonds is 2. The molecule has 0 aromatic heterocycles. The SMILES string of the molecule is CC1=CC(=O)C2=C(CC3C(=CCC4C(=O)N(c5ccc(Br)cc5)C(=O)C43)C2c2c(O)ccc3ccccc23)C1=O. The molecule has 4 unspecified atom stereocenters. The number of amides is 2. The number of fused-ring (bicyclic) bond motifs is 4. The van der Waals surface area contributed by atoms with Crippen LogP contribution in [0.15, 0.2) is 99.6 Å². The number of allylic oxidation sites excluding steroid dienone is 6. The lowest BCUT2D eigenvalue weighted by Crippen LogP contribution is -2.39. The molecule has 1 saturated heterocycles. The number of carbonyl (C=O) groups is 4. The molecular weight excluding hydrogens is 570 g/mol. The number of phenolic OH excluding ortho intramolecular Hbond substituents is 1. The first kappa shape index (κ1) is 24.9. The highest BCUT2D eigenvalue weighted by Crippen LogP contribution is 2.57. The third-order valence-corrected chi connectivity index (χ3v) is 9.41. The number of phenols is 1. The van der Waals surface area contributed by atoms with Gasteiger partial charge in [0.25, 0.3) is 0 Å². The lowest BCUT2D eigenvalue weighted by molar-refractivity contribution is -0.123. The van der Waals surface area contributed by atoms with Crippen molar-refractivity contribution in [2.45, 2.75) is 25.7 Å². The molecule has 3 aromatic carbocycles. The first-order chi connectivity index (χ1) is 19.3. The van der Waals surface area contributed by atoms with Crippen molar-refractivity contribution in [2.24, 2.45) is 17.8 Å². The van der Waals surface area contributed by atoms with Crippen LogP contribution in [0, 0.1) is 17.8 Å². The van der Waals surface area contributed by atoms with Crippen molar-refractivity contribution in [1.82, 2.24) is 0 Å². The number of ketones is 2. The average Bonchev–Trinajstić information content (AvgIpc) is 3.21. The molecule has 3 aliphatic carbocycles. The molecule has 4 aliphatic rings. The average molecular weight is 594 g/mol. The number of halogens is 1. The van der Waals surface area contributed by atoms with Crippen LogP contribution < -0.4 is 4.90 Å². The summed E-state index contributed by atoms with van der Waals surface area (Å²) in [7, 11) is 0. The van der Waals surface area contributed by atoms with Crippen LogP contribution in [-0.2, 0) is 19.2 Å². The second-order valence-corrected chi connectivity index (χ2v) is 11.9. The van der Waals surface area contributed by atoms with Gasteiger partial charge < -0.3 is 5.11 Å². The minimum Gasteiger partial charge on any atom is -0.508 e. The first-order valence-corrected chi connectivity index (χ1v) is 14.1. The molecule has 4 atom stereocenters. The van der Waals surface area contributed by atoms with Gasteiger partial charge in [0.15, 0.2) is 11.6 Å². The summed E-state index contributed by atoms with van der Waals surface area (Å²) >= 11 is 3.40. The van der Waals surface area contributed by atoms with Gasteiger partial charge in [0, 0.05) is 32.7 Å². The summed E-state index contributed by atoms with van der Waals surface area (Å²) in [4.78, 5) is 56.0. The Bertz CT molecular complexity index is 1780. The van der Waals surface area contributed by atoms with E-state index in [9.17, 15) is 24.3 Å². The molecule has 6 nitrogen and oxygen atoms in total. The first-order valence-electron chi connectivity index (χ1n) is 13.3. The molecule has 1 aliphatic heterocycles. The summed E-state index contributed by atoms with van der Waals surface area (Å²) in [6.45, 7) is 1.63. The molecule has 7 rings (SSSR count). The van der Waals surface area contributed by atoms with Crippen LogP contribution >= 0.6 is 15.9 Å². The van der Waals surface area contributed by atoms with Crippen LogP contribution in [0.3, 0.4) is 0 Å². The van der Waals surface area contributed by atoms with Crippen LogP contribution in [-0.4, -0.2) is 28.5 Å². The van der Waals surface area contributed by atoms with Gasteiger partial charge in [-0.15, -0.1) is 0 Å². The zero-order valence-electron chi connectivity index (χ0n) is 21.6. The van der Waals surface area contributed by atoms with Crippen molar-refractivity contribution in [3.05, 3.63) is 105 Å². The van der Waals surface area contributed by atoms with E-state index in [0.717, 1.165) is 20.8 Å². The second kappa shape index (κ2) is 8.96. The van der Waals surface area contributed by atoms with Gasteiger partial charge in [-0.3, -0.25) is 24.1 Å². The van der Waals surface area contributed by atoms with E-state index in [-0.39, 0.29) is 35.6 Å². The third-order valence-electron chi connectivity index (χ3n) is 8.88. The number of nitrogens with zero attached hydrogens (tertiary/aromatic N) is 1. The number of imide groups is 1. The minimum atomic E-state index is -0.703. The number of hydrogen-bond acceptors (Lipinski definition) is 5. The van der Waals surface area contributed by atoms with Crippen molar-refractivity contribution in [1.29, 1.82) is 0 Å². The van der Waals surface area contributed by atoms with Crippen LogP contribution in [0.4, 0.5) is 5.69 Å². The lowest BCUT2D eigenvalue weighted by atomic mass is 9.59. The predicted molar refractivity (Wildman–Crippen MR) is 154 cm³/mol. The summed E-state index contributed by atoms with van der Waals surface area (Å²) in [5.41, 5.74) is 2.98. The molecule has 0 radical (unpaired) electrons. The molecule has 1 fully saturated rings. The van der Waals surface area contributed by atoms with E-state index in [0.29, 0.717) is 34.4 Å². The number of Topliss-reactive ketones (excluding diaryl/α,β-unsaturated/α-hetero) is 1. The van der Waals surface area contributed by atoms with Crippen LogP contribution in [0.25, 0.3) is 10.8 Å². The van der Waals surface area contributed by atoms with E-state index in [1.165, 1.54) is 11.0 Å². The van der Waals surface area contributed by atoms with Gasteiger partial charge in [0.05, 0.1) is 17.5 Å². The molecule has 0 saturated carbocycles. The molecule has 3 aromatic rings. The van der Waals surface area contributed by atoms with E-state index in [4.69, 9.17) is 0 Å². The molecule has 1 N–H and O–H groups in total. The van der Waals surface area contributed by atoms with Crippen LogP contribution in [0.5, 0.6) is 5.75 Å². The van der Waals surface area contributed by atoms with E-state index in [1.54, 1.807) is 37.3 Å². The van der Waals surface area contributed by atoms with E-state index < -0.39 is 23.7 Å². The van der Waals surface area contributed by atoms with Gasteiger partial charge in [0.2, 0.25) is 11.8 Å². The number of aromatic hydroxyl groups is 1. The van der Waals surface area contributed by atoms with Gasteiger partial charge in [0.1, 0.15) is 5.75 Å². The highest BCUT2D eigenvalue weighted by Gasteiger charge is 2.57. The van der Waals surface area contributed by atoms with E-state index >= 15 is 0 Å². The molecule has 1 heterocycles. The molecule has 198 valence electrons. The molecule has 2 amide bonds. The maximum atomic E-state index is 14.0. The fourth-order valence-corrected chi connectivity index (χ4v) is 7.41. The normalized spacial score (nSPS) is 26.0. The van der Waals surface area contributed by atoms with Crippen molar-refractivity contribution < 1.29 is 24.3 Å². The Morgan fingerprint density at radius 1 is 0.900 bits per heavy atom. The Kier molecular flexibility index (Phi) is 5.58.